The molecule has 1 aliphatic rings. The van der Waals surface area contributed by atoms with Crippen molar-refractivity contribution in [2.24, 2.45) is 11.7 Å². The fraction of sp³-hybridized carbons (Fsp3) is 0.533. The van der Waals surface area contributed by atoms with Gasteiger partial charge in [-0.3, -0.25) is 9.59 Å². The molecule has 1 saturated heterocycles. The molecule has 0 aliphatic carbocycles. The molecule has 6 heteroatoms. The number of primary amides is 1. The Hall–Kier alpha value is -2.11. The molecule has 6 nitrogen and oxygen atoms in total. The van der Waals surface area contributed by atoms with Crippen LogP contribution in [0.15, 0.2) is 18.3 Å². The summed E-state index contributed by atoms with van der Waals surface area (Å²) >= 11 is 0. The summed E-state index contributed by atoms with van der Waals surface area (Å²) in [5.41, 5.74) is 5.85. The van der Waals surface area contributed by atoms with Crippen molar-refractivity contribution in [2.75, 3.05) is 25.5 Å². The van der Waals surface area contributed by atoms with E-state index < -0.39 is 0 Å². The highest BCUT2D eigenvalue weighted by atomic mass is 16.2. The maximum absolute atomic E-state index is 12.6. The van der Waals surface area contributed by atoms with Crippen molar-refractivity contribution < 1.29 is 9.59 Å². The van der Waals surface area contributed by atoms with E-state index in [9.17, 15) is 9.59 Å². The van der Waals surface area contributed by atoms with E-state index in [1.54, 1.807) is 25.4 Å². The zero-order valence-corrected chi connectivity index (χ0v) is 12.3. The number of nitrogens with one attached hydrogen (secondary N) is 1. The average Bonchev–Trinajstić information content (AvgIpc) is 2.71. The van der Waals surface area contributed by atoms with Crippen LogP contribution in [0.1, 0.15) is 36.0 Å². The SMILES string of the molecule is CNc1ncccc1C(=O)N1CCCC(CC(N)=O)CC1. The first-order valence-electron chi connectivity index (χ1n) is 7.32. The van der Waals surface area contributed by atoms with Gasteiger partial charge in [-0.1, -0.05) is 0 Å². The first kappa shape index (κ1) is 15.3. The molecule has 0 radical (unpaired) electrons. The van der Waals surface area contributed by atoms with Gasteiger partial charge in [0.15, 0.2) is 0 Å². The molecule has 2 amide bonds. The molecule has 0 spiro atoms. The first-order chi connectivity index (χ1) is 10.1. The van der Waals surface area contributed by atoms with E-state index in [2.05, 4.69) is 10.3 Å². The summed E-state index contributed by atoms with van der Waals surface area (Å²) in [6.07, 6.45) is 4.74. The molecule has 0 saturated carbocycles. The van der Waals surface area contributed by atoms with Crippen molar-refractivity contribution in [1.29, 1.82) is 0 Å². The van der Waals surface area contributed by atoms with E-state index in [0.29, 0.717) is 30.9 Å². The van der Waals surface area contributed by atoms with Gasteiger partial charge in [-0.2, -0.15) is 0 Å². The quantitative estimate of drug-likeness (QED) is 0.873. The van der Waals surface area contributed by atoms with E-state index >= 15 is 0 Å². The number of rotatable bonds is 4. The number of amides is 2. The van der Waals surface area contributed by atoms with Gasteiger partial charge in [-0.25, -0.2) is 4.98 Å². The van der Waals surface area contributed by atoms with Crippen molar-refractivity contribution >= 4 is 17.6 Å². The molecule has 3 N–H and O–H groups in total. The van der Waals surface area contributed by atoms with E-state index in [4.69, 9.17) is 5.73 Å². The fourth-order valence-corrected chi connectivity index (χ4v) is 2.80. The topological polar surface area (TPSA) is 88.3 Å². The summed E-state index contributed by atoms with van der Waals surface area (Å²) in [7, 11) is 1.75. The van der Waals surface area contributed by atoms with Crippen LogP contribution in [0.5, 0.6) is 0 Å². The van der Waals surface area contributed by atoms with E-state index in [0.717, 1.165) is 19.3 Å². The molecule has 1 aromatic heterocycles. The third kappa shape index (κ3) is 3.93. The molecular formula is C15H22N4O2. The molecule has 1 unspecified atom stereocenters. The third-order valence-electron chi connectivity index (χ3n) is 3.90. The first-order valence-corrected chi connectivity index (χ1v) is 7.32. The van der Waals surface area contributed by atoms with Crippen molar-refractivity contribution in [2.45, 2.75) is 25.7 Å². The zero-order chi connectivity index (χ0) is 15.2. The number of carbonyl (C=O) groups is 2. The normalized spacial score (nSPS) is 18.9. The number of aromatic nitrogens is 1. The number of pyridine rings is 1. The highest BCUT2D eigenvalue weighted by molar-refractivity contribution is 5.98. The van der Waals surface area contributed by atoms with Gasteiger partial charge >= 0.3 is 0 Å². The summed E-state index contributed by atoms with van der Waals surface area (Å²) in [5.74, 6) is 0.620. The van der Waals surface area contributed by atoms with Gasteiger partial charge in [0.25, 0.3) is 5.91 Å². The number of carbonyl (C=O) groups excluding carboxylic acids is 2. The summed E-state index contributed by atoms with van der Waals surface area (Å²) in [4.78, 5) is 29.7. The second-order valence-corrected chi connectivity index (χ2v) is 5.41. The minimum Gasteiger partial charge on any atom is -0.372 e. The molecule has 1 fully saturated rings. The van der Waals surface area contributed by atoms with E-state index in [-0.39, 0.29) is 17.7 Å². The Morgan fingerprint density at radius 3 is 2.95 bits per heavy atom. The lowest BCUT2D eigenvalue weighted by molar-refractivity contribution is -0.119. The smallest absolute Gasteiger partial charge is 0.257 e. The lowest BCUT2D eigenvalue weighted by Crippen LogP contribution is -2.32. The molecule has 1 aromatic rings. The minimum absolute atomic E-state index is 0.00725. The molecule has 2 rings (SSSR count). The van der Waals surface area contributed by atoms with Crippen LogP contribution < -0.4 is 11.1 Å². The highest BCUT2D eigenvalue weighted by Crippen LogP contribution is 2.22. The average molecular weight is 290 g/mol. The monoisotopic (exact) mass is 290 g/mol. The van der Waals surface area contributed by atoms with Gasteiger partial charge in [0.1, 0.15) is 5.82 Å². The predicted molar refractivity (Wildman–Crippen MR) is 80.8 cm³/mol. The molecular weight excluding hydrogens is 268 g/mol. The molecule has 21 heavy (non-hydrogen) atoms. The molecule has 1 aliphatic heterocycles. The number of nitrogens with zero attached hydrogens (tertiary/aromatic N) is 2. The summed E-state index contributed by atoms with van der Waals surface area (Å²) in [5, 5.41) is 2.95. The van der Waals surface area contributed by atoms with E-state index in [1.165, 1.54) is 0 Å². The zero-order valence-electron chi connectivity index (χ0n) is 12.3. The Morgan fingerprint density at radius 1 is 1.43 bits per heavy atom. The molecule has 1 atom stereocenters. The van der Waals surface area contributed by atoms with Crippen molar-refractivity contribution in [3.05, 3.63) is 23.9 Å². The van der Waals surface area contributed by atoms with Crippen LogP contribution in [0.3, 0.4) is 0 Å². The Kier molecular flexibility index (Phi) is 5.14. The van der Waals surface area contributed by atoms with Crippen LogP contribution >= 0.6 is 0 Å². The molecule has 2 heterocycles. The number of likely N-dealkylation sites (tertiary alicyclic amines) is 1. The van der Waals surface area contributed by atoms with Gasteiger partial charge in [0, 0.05) is 32.8 Å². The molecule has 0 bridgehead atoms. The maximum Gasteiger partial charge on any atom is 0.257 e. The lowest BCUT2D eigenvalue weighted by Gasteiger charge is -2.21. The summed E-state index contributed by atoms with van der Waals surface area (Å²) in [6.45, 7) is 1.38. The lowest BCUT2D eigenvalue weighted by atomic mass is 9.97. The Morgan fingerprint density at radius 2 is 2.24 bits per heavy atom. The van der Waals surface area contributed by atoms with Gasteiger partial charge in [-0.15, -0.1) is 0 Å². The fourth-order valence-electron chi connectivity index (χ4n) is 2.80. The number of hydrogen-bond donors (Lipinski definition) is 2. The molecule has 0 aromatic carbocycles. The Bertz CT molecular complexity index is 518. The Balaban J connectivity index is 2.05. The standard InChI is InChI=1S/C15H22N4O2/c1-17-14-12(5-2-7-18-14)15(21)19-8-3-4-11(6-9-19)10-13(16)20/h2,5,7,11H,3-4,6,8-10H2,1H3,(H2,16,20)(H,17,18). The number of hydrogen-bond acceptors (Lipinski definition) is 4. The Labute approximate surface area is 124 Å². The number of anilines is 1. The maximum atomic E-state index is 12.6. The van der Waals surface area contributed by atoms with Crippen molar-refractivity contribution in [3.63, 3.8) is 0 Å². The van der Waals surface area contributed by atoms with Gasteiger partial charge in [0.05, 0.1) is 5.56 Å². The van der Waals surface area contributed by atoms with Crippen LogP contribution in [0.2, 0.25) is 0 Å². The summed E-state index contributed by atoms with van der Waals surface area (Å²) in [6, 6.07) is 3.55. The van der Waals surface area contributed by atoms with Gasteiger partial charge in [0.2, 0.25) is 5.91 Å². The molecule has 114 valence electrons. The van der Waals surface area contributed by atoms with Crippen molar-refractivity contribution in [1.82, 2.24) is 9.88 Å². The van der Waals surface area contributed by atoms with Crippen LogP contribution in [0.25, 0.3) is 0 Å². The van der Waals surface area contributed by atoms with Gasteiger partial charge in [-0.05, 0) is 37.3 Å². The van der Waals surface area contributed by atoms with Crippen LogP contribution in [0.4, 0.5) is 5.82 Å². The third-order valence-corrected chi connectivity index (χ3v) is 3.90. The van der Waals surface area contributed by atoms with Crippen LogP contribution in [0, 0.1) is 5.92 Å². The van der Waals surface area contributed by atoms with Gasteiger partial charge < -0.3 is 16.0 Å². The summed E-state index contributed by atoms with van der Waals surface area (Å²) < 4.78 is 0. The second-order valence-electron chi connectivity index (χ2n) is 5.41. The largest absolute Gasteiger partial charge is 0.372 e. The van der Waals surface area contributed by atoms with Crippen LogP contribution in [-0.2, 0) is 4.79 Å². The highest BCUT2D eigenvalue weighted by Gasteiger charge is 2.24. The van der Waals surface area contributed by atoms with E-state index in [1.807, 2.05) is 4.90 Å². The minimum atomic E-state index is -0.260. The van der Waals surface area contributed by atoms with Crippen molar-refractivity contribution in [3.8, 4) is 0 Å². The number of nitrogens with two attached hydrogens (primary N) is 1. The predicted octanol–water partition coefficient (Wildman–Crippen LogP) is 1.24. The second kappa shape index (κ2) is 7.06. The van der Waals surface area contributed by atoms with Crippen LogP contribution in [-0.4, -0.2) is 41.8 Å².